The molecule has 2 aromatic carbocycles. The molecule has 0 radical (unpaired) electrons. The third-order valence-electron chi connectivity index (χ3n) is 3.11. The van der Waals surface area contributed by atoms with Crippen molar-refractivity contribution < 1.29 is 9.34 Å². The first kappa shape index (κ1) is 14.9. The maximum atomic E-state index is 11.9. The van der Waals surface area contributed by atoms with E-state index in [1.807, 2.05) is 0 Å². The monoisotopic (exact) mass is 328 g/mol. The largest absolute Gasteiger partial charge is 0.402 e. The van der Waals surface area contributed by atoms with Gasteiger partial charge in [0.05, 0.1) is 15.8 Å². The predicted octanol–water partition coefficient (Wildman–Crippen LogP) is 3.83. The summed E-state index contributed by atoms with van der Waals surface area (Å²) in [6, 6.07) is 12.7. The Morgan fingerprint density at radius 1 is 1.22 bits per heavy atom. The van der Waals surface area contributed by atoms with Gasteiger partial charge in [0.1, 0.15) is 5.03 Å². The predicted molar refractivity (Wildman–Crippen MR) is 87.1 cm³/mol. The maximum Gasteiger partial charge on any atom is 0.347 e. The number of fused-ring (bicyclic) bond motifs is 1. The number of nitro groups is 1. The van der Waals surface area contributed by atoms with Gasteiger partial charge in [0, 0.05) is 12.1 Å². The van der Waals surface area contributed by atoms with Crippen LogP contribution >= 0.6 is 11.6 Å². The highest BCUT2D eigenvalue weighted by Crippen LogP contribution is 2.23. The molecule has 23 heavy (non-hydrogen) atoms. The van der Waals surface area contributed by atoms with Crippen molar-refractivity contribution in [1.29, 1.82) is 0 Å². The third-order valence-corrected chi connectivity index (χ3v) is 3.38. The molecule has 0 amide bonds. The molecular weight excluding hydrogens is 320 g/mol. The van der Waals surface area contributed by atoms with Crippen LogP contribution in [0, 0.1) is 10.1 Å². The number of nitro benzene ring substituents is 1. The second-order valence-corrected chi connectivity index (χ2v) is 5.08. The van der Waals surface area contributed by atoms with Crippen LogP contribution in [0.2, 0.25) is 0 Å². The molecule has 0 fully saturated rings. The first-order valence-corrected chi connectivity index (χ1v) is 6.94. The van der Waals surface area contributed by atoms with Crippen LogP contribution in [0.15, 0.2) is 57.7 Å². The zero-order valence-corrected chi connectivity index (χ0v) is 12.4. The van der Waals surface area contributed by atoms with Crippen LogP contribution in [0.1, 0.15) is 11.5 Å². The number of rotatable bonds is 3. The van der Waals surface area contributed by atoms with E-state index < -0.39 is 10.5 Å². The van der Waals surface area contributed by atoms with Gasteiger partial charge in [0.25, 0.3) is 5.69 Å². The van der Waals surface area contributed by atoms with Gasteiger partial charge in [-0.1, -0.05) is 35.9 Å². The maximum absolute atomic E-state index is 11.9. The lowest BCUT2D eigenvalue weighted by molar-refractivity contribution is -0.384. The van der Waals surface area contributed by atoms with Gasteiger partial charge in [-0.2, -0.15) is 0 Å². The normalized spacial score (nSPS) is 11.6. The fourth-order valence-electron chi connectivity index (χ4n) is 2.06. The molecule has 0 aliphatic heterocycles. The molecule has 0 atom stereocenters. The van der Waals surface area contributed by atoms with Gasteiger partial charge >= 0.3 is 5.63 Å². The van der Waals surface area contributed by atoms with Crippen LogP contribution in [0.25, 0.3) is 22.0 Å². The molecule has 0 spiro atoms. The van der Waals surface area contributed by atoms with Crippen LogP contribution in [-0.2, 0) is 0 Å². The molecule has 3 rings (SSSR count). The Balaban J connectivity index is 2.06. The number of para-hydroxylation sites is 1. The van der Waals surface area contributed by atoms with E-state index in [-0.39, 0.29) is 16.6 Å². The number of hydrogen-bond acceptors (Lipinski definition) is 5. The van der Waals surface area contributed by atoms with Gasteiger partial charge in [0.2, 0.25) is 5.89 Å². The lowest BCUT2D eigenvalue weighted by Crippen LogP contribution is -2.03. The molecule has 1 aromatic heterocycles. The fraction of sp³-hybridized carbons (Fsp3) is 0. The molecule has 0 saturated heterocycles. The topological polar surface area (TPSA) is 86.2 Å². The zero-order chi connectivity index (χ0) is 16.4. The number of nitrogens with zero attached hydrogens (tertiary/aromatic N) is 2. The Kier molecular flexibility index (Phi) is 3.91. The van der Waals surface area contributed by atoms with E-state index in [2.05, 4.69) is 4.98 Å². The molecule has 0 bridgehead atoms. The van der Waals surface area contributed by atoms with Crippen LogP contribution in [0.3, 0.4) is 0 Å². The number of non-ortho nitro benzene ring substituents is 1. The second kappa shape index (κ2) is 6.02. The van der Waals surface area contributed by atoms with E-state index in [4.69, 9.17) is 16.0 Å². The quantitative estimate of drug-likeness (QED) is 0.538. The van der Waals surface area contributed by atoms with Gasteiger partial charge < -0.3 is 4.42 Å². The summed E-state index contributed by atoms with van der Waals surface area (Å²) in [4.78, 5) is 26.4. The van der Waals surface area contributed by atoms with Crippen molar-refractivity contribution in [2.45, 2.75) is 0 Å². The van der Waals surface area contributed by atoms with Gasteiger partial charge in [-0.15, -0.1) is 0 Å². The van der Waals surface area contributed by atoms with E-state index >= 15 is 0 Å². The Morgan fingerprint density at radius 2 is 2.00 bits per heavy atom. The lowest BCUT2D eigenvalue weighted by Gasteiger charge is -2.00. The van der Waals surface area contributed by atoms with Gasteiger partial charge in [0.15, 0.2) is 0 Å². The average molecular weight is 329 g/mol. The van der Waals surface area contributed by atoms with Crippen molar-refractivity contribution in [2.75, 3.05) is 0 Å². The van der Waals surface area contributed by atoms with Crippen LogP contribution in [-0.4, -0.2) is 9.91 Å². The molecule has 1 heterocycles. The Bertz CT molecular complexity index is 995. The molecule has 114 valence electrons. The summed E-state index contributed by atoms with van der Waals surface area (Å²) in [5.41, 5.74) is 0.360. The summed E-state index contributed by atoms with van der Waals surface area (Å²) in [7, 11) is 0. The van der Waals surface area contributed by atoms with Crippen molar-refractivity contribution in [3.63, 3.8) is 0 Å². The third kappa shape index (κ3) is 3.12. The van der Waals surface area contributed by atoms with E-state index in [0.717, 1.165) is 0 Å². The molecule has 7 heteroatoms. The van der Waals surface area contributed by atoms with E-state index in [9.17, 15) is 14.9 Å². The summed E-state index contributed by atoms with van der Waals surface area (Å²) in [5.74, 6) is -0.0399. The number of hydrogen-bond donors (Lipinski definition) is 0. The lowest BCUT2D eigenvalue weighted by atomic mass is 10.2. The highest BCUT2D eigenvalue weighted by atomic mass is 35.5. The highest BCUT2D eigenvalue weighted by Gasteiger charge is 2.10. The fourth-order valence-corrected chi connectivity index (χ4v) is 2.26. The average Bonchev–Trinajstić information content (AvgIpc) is 2.55. The minimum Gasteiger partial charge on any atom is -0.402 e. The van der Waals surface area contributed by atoms with Crippen molar-refractivity contribution in [2.24, 2.45) is 0 Å². The Morgan fingerprint density at radius 3 is 2.78 bits per heavy atom. The second-order valence-electron chi connectivity index (χ2n) is 4.67. The molecule has 0 saturated carbocycles. The first-order valence-electron chi connectivity index (χ1n) is 6.56. The van der Waals surface area contributed by atoms with Crippen LogP contribution < -0.4 is 5.63 Å². The SMILES string of the molecule is O=c1oc(/C(Cl)=C/c2cccc([N+](=O)[O-])c2)nc2ccccc12. The van der Waals surface area contributed by atoms with Gasteiger partial charge in [-0.3, -0.25) is 10.1 Å². The highest BCUT2D eigenvalue weighted by molar-refractivity contribution is 6.50. The van der Waals surface area contributed by atoms with Crippen molar-refractivity contribution >= 4 is 39.3 Å². The van der Waals surface area contributed by atoms with E-state index in [0.29, 0.717) is 16.5 Å². The zero-order valence-electron chi connectivity index (χ0n) is 11.6. The summed E-state index contributed by atoms with van der Waals surface area (Å²) >= 11 is 6.14. The van der Waals surface area contributed by atoms with Crippen molar-refractivity contribution in [1.82, 2.24) is 4.98 Å². The van der Waals surface area contributed by atoms with Gasteiger partial charge in [-0.25, -0.2) is 9.78 Å². The van der Waals surface area contributed by atoms with Crippen molar-refractivity contribution in [3.05, 3.63) is 80.5 Å². The minimum atomic E-state index is -0.545. The molecule has 0 aliphatic carbocycles. The Hall–Kier alpha value is -2.99. The standard InChI is InChI=1S/C16H9ClN2O4/c17-13(9-10-4-3-5-11(8-10)19(21)22)15-18-14-7-2-1-6-12(14)16(20)23-15/h1-9H/b13-9-. The summed E-state index contributed by atoms with van der Waals surface area (Å²) in [6.45, 7) is 0. The minimum absolute atomic E-state index is 0.0399. The smallest absolute Gasteiger partial charge is 0.347 e. The summed E-state index contributed by atoms with van der Waals surface area (Å²) < 4.78 is 5.10. The van der Waals surface area contributed by atoms with Crippen LogP contribution in [0.4, 0.5) is 5.69 Å². The van der Waals surface area contributed by atoms with Crippen LogP contribution in [0.5, 0.6) is 0 Å². The first-order chi connectivity index (χ1) is 11.0. The molecule has 3 aromatic rings. The van der Waals surface area contributed by atoms with E-state index in [1.54, 1.807) is 30.3 Å². The molecule has 0 aliphatic rings. The molecule has 0 unspecified atom stereocenters. The number of halogens is 1. The number of benzene rings is 2. The summed E-state index contributed by atoms with van der Waals surface area (Å²) in [5, 5.41) is 11.2. The molecular formula is C16H9ClN2O4. The van der Waals surface area contributed by atoms with Crippen molar-refractivity contribution in [3.8, 4) is 0 Å². The Labute approximate surface area is 134 Å². The van der Waals surface area contributed by atoms with E-state index in [1.165, 1.54) is 24.3 Å². The molecule has 6 nitrogen and oxygen atoms in total. The molecule has 0 N–H and O–H groups in total. The number of aromatic nitrogens is 1. The summed E-state index contributed by atoms with van der Waals surface area (Å²) in [6.07, 6.45) is 1.45. The van der Waals surface area contributed by atoms with Gasteiger partial charge in [-0.05, 0) is 23.8 Å².